The molecular formula is C21H27F3N4O2. The Labute approximate surface area is 173 Å². The Morgan fingerprint density at radius 1 is 1.20 bits per heavy atom. The number of alkyl halides is 3. The van der Waals surface area contributed by atoms with Gasteiger partial charge in [0.25, 0.3) is 5.56 Å². The van der Waals surface area contributed by atoms with Gasteiger partial charge in [-0.15, -0.1) is 0 Å². The van der Waals surface area contributed by atoms with Gasteiger partial charge in [0, 0.05) is 6.54 Å². The molecular weight excluding hydrogens is 397 g/mol. The summed E-state index contributed by atoms with van der Waals surface area (Å²) in [5.74, 6) is -0.489. The number of likely N-dealkylation sites (tertiary alicyclic amines) is 1. The Kier molecular flexibility index (Phi) is 6.50. The minimum atomic E-state index is -4.91. The van der Waals surface area contributed by atoms with Crippen LogP contribution in [0.25, 0.3) is 11.0 Å². The second-order valence-electron chi connectivity index (χ2n) is 7.93. The van der Waals surface area contributed by atoms with Crippen molar-refractivity contribution in [2.24, 2.45) is 0 Å². The lowest BCUT2D eigenvalue weighted by atomic mass is 10.1. The highest BCUT2D eigenvalue weighted by Crippen LogP contribution is 2.28. The molecule has 30 heavy (non-hydrogen) atoms. The fourth-order valence-electron chi connectivity index (χ4n) is 3.81. The Hall–Kier alpha value is -2.42. The summed E-state index contributed by atoms with van der Waals surface area (Å²) in [7, 11) is 0. The molecule has 1 aliphatic heterocycles. The number of nitrogens with zero attached hydrogens (tertiary/aromatic N) is 3. The first kappa shape index (κ1) is 22.3. The third-order valence-corrected chi connectivity index (χ3v) is 5.69. The number of aromatic nitrogens is 2. The minimum Gasteiger partial charge on any atom is -0.354 e. The van der Waals surface area contributed by atoms with Gasteiger partial charge in [-0.1, -0.05) is 0 Å². The smallest absolute Gasteiger partial charge is 0.354 e. The summed E-state index contributed by atoms with van der Waals surface area (Å²) in [4.78, 5) is 31.2. The molecule has 2 aromatic rings. The first-order chi connectivity index (χ1) is 14.1. The topological polar surface area (TPSA) is 67.2 Å². The second kappa shape index (κ2) is 8.75. The van der Waals surface area contributed by atoms with Crippen LogP contribution in [-0.4, -0.2) is 46.5 Å². The van der Waals surface area contributed by atoms with Crippen LogP contribution >= 0.6 is 0 Å². The number of aryl methyl sites for hydroxylation is 2. The molecule has 9 heteroatoms. The Morgan fingerprint density at radius 2 is 1.83 bits per heavy atom. The van der Waals surface area contributed by atoms with E-state index in [1.165, 1.54) is 25.8 Å². The van der Waals surface area contributed by atoms with Crippen LogP contribution in [0.15, 0.2) is 16.9 Å². The third kappa shape index (κ3) is 4.66. The molecule has 6 nitrogen and oxygen atoms in total. The van der Waals surface area contributed by atoms with Crippen molar-refractivity contribution in [2.75, 3.05) is 26.2 Å². The van der Waals surface area contributed by atoms with Gasteiger partial charge in [0.05, 0.1) is 11.0 Å². The molecule has 1 saturated heterocycles. The lowest BCUT2D eigenvalue weighted by Crippen LogP contribution is -2.39. The number of amides is 1. The standard InChI is InChI=1S/C21H27F3N4O2/c1-13-11-16-17(12-14(13)2)28(20(30)18(26-16)21(22,23)24)15(3)19(29)25-7-6-10-27-8-4-5-9-27/h11-12,15H,4-10H2,1-3H3,(H,25,29)/t15-/m1/s1. The molecule has 1 fully saturated rings. The van der Waals surface area contributed by atoms with Crippen molar-refractivity contribution < 1.29 is 18.0 Å². The van der Waals surface area contributed by atoms with Crippen molar-refractivity contribution in [3.05, 3.63) is 39.3 Å². The Morgan fingerprint density at radius 3 is 2.47 bits per heavy atom. The van der Waals surface area contributed by atoms with Crippen LogP contribution in [0, 0.1) is 13.8 Å². The quantitative estimate of drug-likeness (QED) is 0.724. The molecule has 1 aromatic heterocycles. The van der Waals surface area contributed by atoms with E-state index in [0.29, 0.717) is 6.54 Å². The summed E-state index contributed by atoms with van der Waals surface area (Å²) in [6.07, 6.45) is -1.79. The van der Waals surface area contributed by atoms with E-state index in [9.17, 15) is 22.8 Å². The number of halogens is 3. The summed E-state index contributed by atoms with van der Waals surface area (Å²) in [5.41, 5.74) is -0.998. The van der Waals surface area contributed by atoms with Crippen LogP contribution in [0.5, 0.6) is 0 Å². The fourth-order valence-corrected chi connectivity index (χ4v) is 3.81. The summed E-state index contributed by atoms with van der Waals surface area (Å²) < 4.78 is 41.2. The molecule has 0 saturated carbocycles. The van der Waals surface area contributed by atoms with Crippen molar-refractivity contribution in [1.29, 1.82) is 0 Å². The van der Waals surface area contributed by atoms with Gasteiger partial charge >= 0.3 is 6.18 Å². The van der Waals surface area contributed by atoms with Gasteiger partial charge in [-0.3, -0.25) is 14.2 Å². The zero-order chi connectivity index (χ0) is 22.1. The van der Waals surface area contributed by atoms with E-state index < -0.39 is 29.4 Å². The minimum absolute atomic E-state index is 0.0405. The van der Waals surface area contributed by atoms with Crippen LogP contribution in [0.1, 0.15) is 49.0 Å². The number of benzene rings is 1. The number of carbonyl (C=O) groups is 1. The highest BCUT2D eigenvalue weighted by Gasteiger charge is 2.38. The summed E-state index contributed by atoms with van der Waals surface area (Å²) >= 11 is 0. The van der Waals surface area contributed by atoms with Crippen molar-refractivity contribution in [3.8, 4) is 0 Å². The van der Waals surface area contributed by atoms with E-state index in [-0.39, 0.29) is 11.0 Å². The van der Waals surface area contributed by atoms with Crippen molar-refractivity contribution in [3.63, 3.8) is 0 Å². The van der Waals surface area contributed by atoms with Crippen molar-refractivity contribution in [1.82, 2.24) is 19.8 Å². The van der Waals surface area contributed by atoms with Crippen LogP contribution in [-0.2, 0) is 11.0 Å². The first-order valence-corrected chi connectivity index (χ1v) is 10.2. The van der Waals surface area contributed by atoms with Crippen LogP contribution in [0.3, 0.4) is 0 Å². The van der Waals surface area contributed by atoms with E-state index in [2.05, 4.69) is 15.2 Å². The van der Waals surface area contributed by atoms with E-state index in [0.717, 1.165) is 41.7 Å². The number of nitrogens with one attached hydrogen (secondary N) is 1. The molecule has 1 amide bonds. The molecule has 0 bridgehead atoms. The fraction of sp³-hybridized carbons (Fsp3) is 0.571. The number of fused-ring (bicyclic) bond motifs is 1. The molecule has 0 unspecified atom stereocenters. The predicted octanol–water partition coefficient (Wildman–Crippen LogP) is 3.20. The predicted molar refractivity (Wildman–Crippen MR) is 108 cm³/mol. The maximum atomic E-state index is 13.4. The lowest BCUT2D eigenvalue weighted by Gasteiger charge is -2.20. The normalized spacial score (nSPS) is 16.2. The molecule has 3 rings (SSSR count). The highest BCUT2D eigenvalue weighted by atomic mass is 19.4. The van der Waals surface area contributed by atoms with Crippen LogP contribution < -0.4 is 10.9 Å². The summed E-state index contributed by atoms with van der Waals surface area (Å²) in [6, 6.07) is 2.02. The SMILES string of the molecule is Cc1cc2nc(C(F)(F)F)c(=O)n([C@H](C)C(=O)NCCCN3CCCC3)c2cc1C. The molecule has 0 spiro atoms. The van der Waals surface area contributed by atoms with Gasteiger partial charge in [0.15, 0.2) is 0 Å². The molecule has 0 aliphatic carbocycles. The molecule has 1 N–H and O–H groups in total. The maximum Gasteiger partial charge on any atom is 0.438 e. The Balaban J connectivity index is 1.88. The van der Waals surface area contributed by atoms with Crippen LogP contribution in [0.4, 0.5) is 13.2 Å². The van der Waals surface area contributed by atoms with Gasteiger partial charge < -0.3 is 10.2 Å². The molecule has 1 aliphatic rings. The van der Waals surface area contributed by atoms with E-state index in [1.807, 2.05) is 0 Å². The molecule has 164 valence electrons. The largest absolute Gasteiger partial charge is 0.438 e. The van der Waals surface area contributed by atoms with Gasteiger partial charge in [-0.25, -0.2) is 4.98 Å². The van der Waals surface area contributed by atoms with E-state index >= 15 is 0 Å². The number of carbonyl (C=O) groups excluding carboxylic acids is 1. The monoisotopic (exact) mass is 424 g/mol. The number of hydrogen-bond donors (Lipinski definition) is 1. The van der Waals surface area contributed by atoms with E-state index in [4.69, 9.17) is 0 Å². The van der Waals surface area contributed by atoms with E-state index in [1.54, 1.807) is 19.9 Å². The zero-order valence-corrected chi connectivity index (χ0v) is 17.5. The van der Waals surface area contributed by atoms with Gasteiger partial charge in [0.1, 0.15) is 6.04 Å². The molecule has 0 radical (unpaired) electrons. The lowest BCUT2D eigenvalue weighted by molar-refractivity contribution is -0.142. The van der Waals surface area contributed by atoms with Crippen molar-refractivity contribution >= 4 is 16.9 Å². The summed E-state index contributed by atoms with van der Waals surface area (Å²) in [5, 5.41) is 2.75. The average Bonchev–Trinajstić information content (AvgIpc) is 3.18. The second-order valence-corrected chi connectivity index (χ2v) is 7.93. The number of hydrogen-bond acceptors (Lipinski definition) is 4. The number of rotatable bonds is 6. The van der Waals surface area contributed by atoms with Gasteiger partial charge in [-0.2, -0.15) is 13.2 Å². The van der Waals surface area contributed by atoms with Gasteiger partial charge in [0.2, 0.25) is 11.6 Å². The average molecular weight is 424 g/mol. The summed E-state index contributed by atoms with van der Waals surface area (Å²) in [6.45, 7) is 8.38. The van der Waals surface area contributed by atoms with Crippen LogP contribution in [0.2, 0.25) is 0 Å². The molecule has 2 heterocycles. The first-order valence-electron chi connectivity index (χ1n) is 10.2. The zero-order valence-electron chi connectivity index (χ0n) is 17.5. The Bertz CT molecular complexity index is 994. The van der Waals surface area contributed by atoms with Gasteiger partial charge in [-0.05, 0) is 82.9 Å². The molecule has 1 aromatic carbocycles. The maximum absolute atomic E-state index is 13.4. The van der Waals surface area contributed by atoms with Crippen molar-refractivity contribution in [2.45, 2.75) is 52.3 Å². The third-order valence-electron chi connectivity index (χ3n) is 5.69. The molecule has 1 atom stereocenters. The highest BCUT2D eigenvalue weighted by molar-refractivity contribution is 5.84.